The van der Waals surface area contributed by atoms with E-state index < -0.39 is 29.4 Å². The van der Waals surface area contributed by atoms with Crippen LogP contribution in [0.25, 0.3) is 0 Å². The Hall–Kier alpha value is -2.42. The SMILES string of the molecule is CN1CCN(C(=O)[C@@H]2C[C@H](Nc3ccc(F)cc3F)CN2C(=O)OC(C)(C)C)CC1. The van der Waals surface area contributed by atoms with Gasteiger partial charge in [0.1, 0.15) is 23.3 Å². The van der Waals surface area contributed by atoms with Crippen LogP contribution < -0.4 is 5.32 Å². The van der Waals surface area contributed by atoms with Crippen molar-refractivity contribution in [2.75, 3.05) is 45.1 Å². The summed E-state index contributed by atoms with van der Waals surface area (Å²) in [6, 6.07) is 2.23. The van der Waals surface area contributed by atoms with Crippen molar-refractivity contribution < 1.29 is 23.1 Å². The summed E-state index contributed by atoms with van der Waals surface area (Å²) in [4.78, 5) is 31.3. The van der Waals surface area contributed by atoms with Gasteiger partial charge in [0, 0.05) is 44.8 Å². The number of carbonyl (C=O) groups is 2. The highest BCUT2D eigenvalue weighted by Gasteiger charge is 2.43. The molecule has 1 N–H and O–H groups in total. The van der Waals surface area contributed by atoms with Crippen LogP contribution in [0.3, 0.4) is 0 Å². The first-order valence-corrected chi connectivity index (χ1v) is 10.2. The highest BCUT2D eigenvalue weighted by Crippen LogP contribution is 2.27. The molecule has 1 aromatic carbocycles. The van der Waals surface area contributed by atoms with E-state index in [0.717, 1.165) is 19.2 Å². The van der Waals surface area contributed by atoms with Crippen molar-refractivity contribution in [1.29, 1.82) is 0 Å². The first kappa shape index (κ1) is 22.3. The van der Waals surface area contributed by atoms with Gasteiger partial charge in [-0.05, 0) is 46.4 Å². The van der Waals surface area contributed by atoms with Crippen LogP contribution in [0.5, 0.6) is 0 Å². The molecule has 2 saturated heterocycles. The summed E-state index contributed by atoms with van der Waals surface area (Å²) in [6.45, 7) is 8.22. The first-order valence-electron chi connectivity index (χ1n) is 10.2. The van der Waals surface area contributed by atoms with Crippen LogP contribution in [-0.2, 0) is 9.53 Å². The van der Waals surface area contributed by atoms with Gasteiger partial charge in [-0.15, -0.1) is 0 Å². The zero-order chi connectivity index (χ0) is 22.1. The lowest BCUT2D eigenvalue weighted by Crippen LogP contribution is -2.54. The maximum atomic E-state index is 14.1. The largest absolute Gasteiger partial charge is 0.444 e. The number of likely N-dealkylation sites (N-methyl/N-ethyl adjacent to an activating group) is 1. The van der Waals surface area contributed by atoms with E-state index in [4.69, 9.17) is 4.74 Å². The van der Waals surface area contributed by atoms with E-state index in [2.05, 4.69) is 10.2 Å². The predicted octanol–water partition coefficient (Wildman–Crippen LogP) is 2.53. The molecule has 166 valence electrons. The summed E-state index contributed by atoms with van der Waals surface area (Å²) < 4.78 is 32.8. The van der Waals surface area contributed by atoms with Crippen molar-refractivity contribution in [2.24, 2.45) is 0 Å². The number of likely N-dealkylation sites (tertiary alicyclic amines) is 1. The zero-order valence-corrected chi connectivity index (χ0v) is 18.0. The van der Waals surface area contributed by atoms with E-state index in [1.807, 2.05) is 7.05 Å². The fourth-order valence-electron chi connectivity index (χ4n) is 3.76. The number of halogens is 2. The zero-order valence-electron chi connectivity index (χ0n) is 18.0. The lowest BCUT2D eigenvalue weighted by Gasteiger charge is -2.36. The quantitative estimate of drug-likeness (QED) is 0.808. The van der Waals surface area contributed by atoms with Crippen molar-refractivity contribution in [3.8, 4) is 0 Å². The molecule has 0 spiro atoms. The maximum Gasteiger partial charge on any atom is 0.411 e. The Bertz CT molecular complexity index is 791. The van der Waals surface area contributed by atoms with E-state index >= 15 is 0 Å². The maximum absolute atomic E-state index is 14.1. The molecular weight excluding hydrogens is 394 g/mol. The van der Waals surface area contributed by atoms with Crippen LogP contribution in [0.1, 0.15) is 27.2 Å². The summed E-state index contributed by atoms with van der Waals surface area (Å²) in [5.41, 5.74) is -0.564. The molecular formula is C21H30F2N4O3. The van der Waals surface area contributed by atoms with Gasteiger partial charge in [0.2, 0.25) is 5.91 Å². The summed E-state index contributed by atoms with van der Waals surface area (Å²) in [5.74, 6) is -1.51. The molecule has 2 fully saturated rings. The fourth-order valence-corrected chi connectivity index (χ4v) is 3.76. The number of piperazine rings is 1. The predicted molar refractivity (Wildman–Crippen MR) is 109 cm³/mol. The van der Waals surface area contributed by atoms with Gasteiger partial charge in [-0.2, -0.15) is 0 Å². The van der Waals surface area contributed by atoms with Gasteiger partial charge in [0.25, 0.3) is 0 Å². The van der Waals surface area contributed by atoms with Crippen LogP contribution >= 0.6 is 0 Å². The molecule has 9 heteroatoms. The Labute approximate surface area is 175 Å². The van der Waals surface area contributed by atoms with Crippen molar-refractivity contribution in [2.45, 2.75) is 44.9 Å². The first-order chi connectivity index (χ1) is 14.0. The van der Waals surface area contributed by atoms with Crippen molar-refractivity contribution in [3.63, 3.8) is 0 Å². The van der Waals surface area contributed by atoms with E-state index in [-0.39, 0.29) is 24.2 Å². The number of anilines is 1. The van der Waals surface area contributed by atoms with Gasteiger partial charge < -0.3 is 19.9 Å². The lowest BCUT2D eigenvalue weighted by molar-refractivity contribution is -0.137. The fraction of sp³-hybridized carbons (Fsp3) is 0.619. The molecule has 2 heterocycles. The Morgan fingerprint density at radius 3 is 2.40 bits per heavy atom. The van der Waals surface area contributed by atoms with Crippen molar-refractivity contribution in [3.05, 3.63) is 29.8 Å². The number of benzene rings is 1. The molecule has 2 atom stereocenters. The minimum Gasteiger partial charge on any atom is -0.444 e. The summed E-state index contributed by atoms with van der Waals surface area (Å²) in [6.07, 6.45) is -0.250. The van der Waals surface area contributed by atoms with Gasteiger partial charge in [-0.25, -0.2) is 13.6 Å². The molecule has 0 radical (unpaired) electrons. The van der Waals surface area contributed by atoms with Gasteiger partial charge >= 0.3 is 6.09 Å². The van der Waals surface area contributed by atoms with E-state index in [0.29, 0.717) is 19.5 Å². The summed E-state index contributed by atoms with van der Waals surface area (Å²) in [7, 11) is 2.00. The molecule has 1 aromatic rings. The molecule has 0 saturated carbocycles. The molecule has 0 unspecified atom stereocenters. The summed E-state index contributed by atoms with van der Waals surface area (Å²) in [5, 5.41) is 3.01. The number of nitrogens with zero attached hydrogens (tertiary/aromatic N) is 3. The topological polar surface area (TPSA) is 65.1 Å². The lowest BCUT2D eigenvalue weighted by atomic mass is 10.1. The third kappa shape index (κ3) is 5.38. The molecule has 2 aliphatic rings. The van der Waals surface area contributed by atoms with Gasteiger partial charge in [0.05, 0.1) is 5.69 Å². The number of amides is 2. The average Bonchev–Trinajstić information content (AvgIpc) is 3.07. The van der Waals surface area contributed by atoms with Crippen LogP contribution in [0.2, 0.25) is 0 Å². The summed E-state index contributed by atoms with van der Waals surface area (Å²) >= 11 is 0. The Kier molecular flexibility index (Phi) is 6.50. The molecule has 0 aromatic heterocycles. The second kappa shape index (κ2) is 8.75. The molecule has 0 bridgehead atoms. The van der Waals surface area contributed by atoms with Crippen LogP contribution in [0, 0.1) is 11.6 Å². The normalized spacial score (nSPS) is 22.9. The Balaban J connectivity index is 1.76. The van der Waals surface area contributed by atoms with Crippen LogP contribution in [0.4, 0.5) is 19.3 Å². The van der Waals surface area contributed by atoms with Crippen LogP contribution in [-0.4, -0.2) is 84.2 Å². The van der Waals surface area contributed by atoms with Gasteiger partial charge in [0.15, 0.2) is 0 Å². The molecule has 7 nitrogen and oxygen atoms in total. The number of nitrogens with one attached hydrogen (secondary N) is 1. The molecule has 0 aliphatic carbocycles. The third-order valence-corrected chi connectivity index (χ3v) is 5.32. The Morgan fingerprint density at radius 2 is 1.80 bits per heavy atom. The second-order valence-corrected chi connectivity index (χ2v) is 8.98. The van der Waals surface area contributed by atoms with E-state index in [1.54, 1.807) is 25.7 Å². The number of carbonyl (C=O) groups excluding carboxylic acids is 2. The minimum atomic E-state index is -0.715. The molecule has 30 heavy (non-hydrogen) atoms. The monoisotopic (exact) mass is 424 g/mol. The Morgan fingerprint density at radius 1 is 1.13 bits per heavy atom. The highest BCUT2D eigenvalue weighted by molar-refractivity contribution is 5.87. The molecule has 2 aliphatic heterocycles. The molecule has 2 amide bonds. The van der Waals surface area contributed by atoms with Gasteiger partial charge in [-0.1, -0.05) is 0 Å². The van der Waals surface area contributed by atoms with E-state index in [9.17, 15) is 18.4 Å². The minimum absolute atomic E-state index is 0.127. The van der Waals surface area contributed by atoms with Crippen LogP contribution in [0.15, 0.2) is 18.2 Å². The number of rotatable bonds is 3. The highest BCUT2D eigenvalue weighted by atomic mass is 19.1. The van der Waals surface area contributed by atoms with Gasteiger partial charge in [-0.3, -0.25) is 9.69 Å². The van der Waals surface area contributed by atoms with Crippen molar-refractivity contribution >= 4 is 17.7 Å². The number of ether oxygens (including phenoxy) is 1. The van der Waals surface area contributed by atoms with E-state index in [1.165, 1.54) is 17.0 Å². The standard InChI is InChI=1S/C21H30F2N4O3/c1-21(2,3)30-20(29)27-13-15(24-17-6-5-14(22)11-16(17)23)12-18(27)19(28)26-9-7-25(4)8-10-26/h5-6,11,15,18,24H,7-10,12-13H2,1-4H3/t15-,18-/m0/s1. The second-order valence-electron chi connectivity index (χ2n) is 8.98. The average molecular weight is 424 g/mol. The number of hydrogen-bond donors (Lipinski definition) is 1. The third-order valence-electron chi connectivity index (χ3n) is 5.32. The molecule has 3 rings (SSSR count). The smallest absolute Gasteiger partial charge is 0.411 e. The van der Waals surface area contributed by atoms with Crippen molar-refractivity contribution in [1.82, 2.24) is 14.7 Å². The number of hydrogen-bond acceptors (Lipinski definition) is 5.